The van der Waals surface area contributed by atoms with Crippen LogP contribution in [0.5, 0.6) is 5.75 Å². The second kappa shape index (κ2) is 7.24. The lowest BCUT2D eigenvalue weighted by molar-refractivity contribution is -0.144. The summed E-state index contributed by atoms with van der Waals surface area (Å²) in [6, 6.07) is 16.1. The Kier molecular flexibility index (Phi) is 5.10. The van der Waals surface area contributed by atoms with Gasteiger partial charge in [0, 0.05) is 5.56 Å². The maximum absolute atomic E-state index is 11.8. The molecule has 0 unspecified atom stereocenters. The third-order valence-electron chi connectivity index (χ3n) is 2.90. The number of rotatable bonds is 6. The molecule has 0 aliphatic rings. The first-order valence-corrected chi connectivity index (χ1v) is 6.59. The average Bonchev–Trinajstić information content (AvgIpc) is 2.52. The van der Waals surface area contributed by atoms with Gasteiger partial charge in [-0.1, -0.05) is 48.5 Å². The van der Waals surface area contributed by atoms with E-state index in [0.717, 1.165) is 5.56 Å². The molecule has 4 nitrogen and oxygen atoms in total. The van der Waals surface area contributed by atoms with Crippen molar-refractivity contribution in [1.29, 1.82) is 0 Å². The van der Waals surface area contributed by atoms with Crippen LogP contribution in [-0.4, -0.2) is 25.0 Å². The molecule has 0 aromatic heterocycles. The summed E-state index contributed by atoms with van der Waals surface area (Å²) in [5.74, 6) is -0.175. The highest BCUT2D eigenvalue weighted by molar-refractivity contribution is 5.97. The minimum atomic E-state index is -0.567. The molecule has 2 aromatic rings. The lowest BCUT2D eigenvalue weighted by atomic mass is 10.1. The number of Topliss-reactive ketones (excluding diaryl/α,β-unsaturated/α-hetero) is 1. The summed E-state index contributed by atoms with van der Waals surface area (Å²) in [4.78, 5) is 23.3. The Balaban J connectivity index is 1.78. The molecule has 2 rings (SSSR count). The number of hydrogen-bond acceptors (Lipinski definition) is 4. The molecule has 0 radical (unpaired) electrons. The van der Waals surface area contributed by atoms with E-state index < -0.39 is 5.97 Å². The van der Waals surface area contributed by atoms with E-state index >= 15 is 0 Å². The first kappa shape index (κ1) is 14.8. The molecule has 4 heteroatoms. The van der Waals surface area contributed by atoms with Gasteiger partial charge in [-0.3, -0.25) is 4.79 Å². The first-order valence-electron chi connectivity index (χ1n) is 6.59. The summed E-state index contributed by atoms with van der Waals surface area (Å²) in [5, 5.41) is 0. The Labute approximate surface area is 123 Å². The van der Waals surface area contributed by atoms with Crippen LogP contribution in [0.4, 0.5) is 0 Å². The van der Waals surface area contributed by atoms with E-state index in [1.807, 2.05) is 31.2 Å². The highest BCUT2D eigenvalue weighted by atomic mass is 16.6. The van der Waals surface area contributed by atoms with Gasteiger partial charge >= 0.3 is 5.97 Å². The van der Waals surface area contributed by atoms with Crippen molar-refractivity contribution < 1.29 is 19.1 Å². The Morgan fingerprint density at radius 1 is 0.905 bits per heavy atom. The third-order valence-corrected chi connectivity index (χ3v) is 2.90. The summed E-state index contributed by atoms with van der Waals surface area (Å²) in [6.07, 6.45) is 0. The van der Waals surface area contributed by atoms with Gasteiger partial charge in [-0.15, -0.1) is 0 Å². The Bertz CT molecular complexity index is 620. The molecule has 0 bridgehead atoms. The number of carbonyl (C=O) groups excluding carboxylic acids is 2. The van der Waals surface area contributed by atoms with Crippen LogP contribution in [0.15, 0.2) is 54.6 Å². The van der Waals surface area contributed by atoms with Gasteiger partial charge in [0.15, 0.2) is 19.0 Å². The number of ketones is 1. The van der Waals surface area contributed by atoms with E-state index in [0.29, 0.717) is 11.3 Å². The maximum Gasteiger partial charge on any atom is 0.344 e. The summed E-state index contributed by atoms with van der Waals surface area (Å²) in [6.45, 7) is 1.40. The van der Waals surface area contributed by atoms with Gasteiger partial charge in [-0.2, -0.15) is 0 Å². The lowest BCUT2D eigenvalue weighted by Crippen LogP contribution is -2.19. The normalized spacial score (nSPS) is 9.95. The van der Waals surface area contributed by atoms with Gasteiger partial charge in [-0.25, -0.2) is 4.79 Å². The van der Waals surface area contributed by atoms with Crippen LogP contribution < -0.4 is 4.74 Å². The number of ether oxygens (including phenoxy) is 2. The number of esters is 1. The van der Waals surface area contributed by atoms with Gasteiger partial charge in [-0.05, 0) is 18.6 Å². The molecule has 108 valence electrons. The molecule has 0 aliphatic carbocycles. The predicted molar refractivity (Wildman–Crippen MR) is 78.4 cm³/mol. The molecular formula is C17H16O4. The van der Waals surface area contributed by atoms with Crippen LogP contribution in [0, 0.1) is 6.92 Å². The Morgan fingerprint density at radius 2 is 1.57 bits per heavy atom. The molecule has 0 amide bonds. The zero-order valence-corrected chi connectivity index (χ0v) is 11.7. The fourth-order valence-corrected chi connectivity index (χ4v) is 1.75. The smallest absolute Gasteiger partial charge is 0.344 e. The third kappa shape index (κ3) is 4.45. The second-order valence-electron chi connectivity index (χ2n) is 4.50. The number of carbonyl (C=O) groups is 2. The number of aryl methyl sites for hydroxylation is 1. The van der Waals surface area contributed by atoms with E-state index in [-0.39, 0.29) is 19.0 Å². The molecular weight excluding hydrogens is 268 g/mol. The molecule has 0 spiro atoms. The zero-order valence-electron chi connectivity index (χ0n) is 11.7. The van der Waals surface area contributed by atoms with Crippen LogP contribution in [-0.2, 0) is 9.53 Å². The molecule has 0 fully saturated rings. The van der Waals surface area contributed by atoms with Crippen molar-refractivity contribution in [3.8, 4) is 5.75 Å². The van der Waals surface area contributed by atoms with Crippen LogP contribution in [0.2, 0.25) is 0 Å². The van der Waals surface area contributed by atoms with E-state index in [2.05, 4.69) is 0 Å². The highest BCUT2D eigenvalue weighted by Gasteiger charge is 2.10. The van der Waals surface area contributed by atoms with Crippen LogP contribution >= 0.6 is 0 Å². The van der Waals surface area contributed by atoms with Crippen molar-refractivity contribution in [2.24, 2.45) is 0 Å². The quantitative estimate of drug-likeness (QED) is 0.604. The standard InChI is InChI=1S/C17H16O4/c1-13-7-5-6-10-16(13)20-12-17(19)21-11-15(18)14-8-3-2-4-9-14/h2-10H,11-12H2,1H3. The van der Waals surface area contributed by atoms with Crippen LogP contribution in [0.25, 0.3) is 0 Å². The van der Waals surface area contributed by atoms with E-state index in [1.165, 1.54) is 0 Å². The molecule has 0 heterocycles. The molecule has 0 aliphatic heterocycles. The fourth-order valence-electron chi connectivity index (χ4n) is 1.75. The Morgan fingerprint density at radius 3 is 2.29 bits per heavy atom. The predicted octanol–water partition coefficient (Wildman–Crippen LogP) is 2.80. The molecule has 2 aromatic carbocycles. The van der Waals surface area contributed by atoms with Crippen molar-refractivity contribution in [1.82, 2.24) is 0 Å². The summed E-state index contributed by atoms with van der Waals surface area (Å²) >= 11 is 0. The summed E-state index contributed by atoms with van der Waals surface area (Å²) in [5.41, 5.74) is 1.45. The zero-order chi connectivity index (χ0) is 15.1. The molecule has 0 saturated heterocycles. The van der Waals surface area contributed by atoms with Crippen LogP contribution in [0.3, 0.4) is 0 Å². The summed E-state index contributed by atoms with van der Waals surface area (Å²) < 4.78 is 10.3. The average molecular weight is 284 g/mol. The fraction of sp³-hybridized carbons (Fsp3) is 0.176. The molecule has 0 saturated carbocycles. The van der Waals surface area contributed by atoms with E-state index in [1.54, 1.807) is 30.3 Å². The minimum Gasteiger partial charge on any atom is -0.482 e. The monoisotopic (exact) mass is 284 g/mol. The van der Waals surface area contributed by atoms with Crippen molar-refractivity contribution >= 4 is 11.8 Å². The van der Waals surface area contributed by atoms with Crippen LogP contribution in [0.1, 0.15) is 15.9 Å². The Hall–Kier alpha value is -2.62. The summed E-state index contributed by atoms with van der Waals surface area (Å²) in [7, 11) is 0. The van der Waals surface area contributed by atoms with Gasteiger partial charge < -0.3 is 9.47 Å². The van der Waals surface area contributed by atoms with Gasteiger partial charge in [0.25, 0.3) is 0 Å². The van der Waals surface area contributed by atoms with E-state index in [9.17, 15) is 9.59 Å². The number of para-hydroxylation sites is 1. The topological polar surface area (TPSA) is 52.6 Å². The maximum atomic E-state index is 11.8. The largest absolute Gasteiger partial charge is 0.482 e. The molecule has 21 heavy (non-hydrogen) atoms. The van der Waals surface area contributed by atoms with Gasteiger partial charge in [0.05, 0.1) is 0 Å². The molecule has 0 atom stereocenters. The number of benzene rings is 2. The van der Waals surface area contributed by atoms with Crippen molar-refractivity contribution in [2.45, 2.75) is 6.92 Å². The minimum absolute atomic E-state index is 0.215. The van der Waals surface area contributed by atoms with Crippen molar-refractivity contribution in [3.05, 3.63) is 65.7 Å². The SMILES string of the molecule is Cc1ccccc1OCC(=O)OCC(=O)c1ccccc1. The van der Waals surface area contributed by atoms with Crippen molar-refractivity contribution in [3.63, 3.8) is 0 Å². The second-order valence-corrected chi connectivity index (χ2v) is 4.50. The highest BCUT2D eigenvalue weighted by Crippen LogP contribution is 2.15. The lowest BCUT2D eigenvalue weighted by Gasteiger charge is -2.08. The molecule has 0 N–H and O–H groups in total. The van der Waals surface area contributed by atoms with Gasteiger partial charge in [0.2, 0.25) is 0 Å². The van der Waals surface area contributed by atoms with Gasteiger partial charge in [0.1, 0.15) is 5.75 Å². The van der Waals surface area contributed by atoms with E-state index in [4.69, 9.17) is 9.47 Å². The number of hydrogen-bond donors (Lipinski definition) is 0. The van der Waals surface area contributed by atoms with Crippen molar-refractivity contribution in [2.75, 3.05) is 13.2 Å². The first-order chi connectivity index (χ1) is 10.2.